The van der Waals surface area contributed by atoms with Crippen molar-refractivity contribution < 1.29 is 14.0 Å². The molecule has 0 aliphatic heterocycles. The molecule has 1 aromatic heterocycles. The van der Waals surface area contributed by atoms with Crippen LogP contribution in [0.2, 0.25) is 0 Å². The SMILES string of the molecule is Cc1cc(-c2noc(C(C)N(C)CC(O)C3CC3)n2)ccc1F. The van der Waals surface area contributed by atoms with E-state index in [1.807, 2.05) is 18.9 Å². The van der Waals surface area contributed by atoms with Gasteiger partial charge < -0.3 is 9.63 Å². The summed E-state index contributed by atoms with van der Waals surface area (Å²) in [5.74, 6) is 1.13. The second-order valence-electron chi connectivity index (χ2n) is 6.44. The Morgan fingerprint density at radius 3 is 2.83 bits per heavy atom. The molecule has 1 N–H and O–H groups in total. The second-order valence-corrected chi connectivity index (χ2v) is 6.44. The zero-order valence-corrected chi connectivity index (χ0v) is 13.7. The van der Waals surface area contributed by atoms with Gasteiger partial charge in [-0.05, 0) is 63.4 Å². The average Bonchev–Trinajstić information content (AvgIpc) is 3.27. The molecule has 124 valence electrons. The number of aliphatic hydroxyl groups is 1. The van der Waals surface area contributed by atoms with E-state index in [4.69, 9.17) is 4.52 Å². The lowest BCUT2D eigenvalue weighted by Gasteiger charge is -2.24. The Hall–Kier alpha value is -1.79. The van der Waals surface area contributed by atoms with Crippen molar-refractivity contribution in [2.45, 2.75) is 38.8 Å². The number of aromatic nitrogens is 2. The van der Waals surface area contributed by atoms with Gasteiger partial charge in [-0.2, -0.15) is 4.98 Å². The number of hydrogen-bond acceptors (Lipinski definition) is 5. The number of halogens is 1. The summed E-state index contributed by atoms with van der Waals surface area (Å²) in [6, 6.07) is 4.66. The first kappa shape index (κ1) is 16.1. The highest BCUT2D eigenvalue weighted by molar-refractivity contribution is 5.55. The zero-order chi connectivity index (χ0) is 16.6. The van der Waals surface area contributed by atoms with Crippen LogP contribution >= 0.6 is 0 Å². The van der Waals surface area contributed by atoms with Crippen molar-refractivity contribution in [3.05, 3.63) is 35.5 Å². The molecule has 0 saturated heterocycles. The lowest BCUT2D eigenvalue weighted by Crippen LogP contribution is -2.32. The summed E-state index contributed by atoms with van der Waals surface area (Å²) in [6.07, 6.45) is 1.92. The molecule has 5 nitrogen and oxygen atoms in total. The molecule has 1 aliphatic carbocycles. The van der Waals surface area contributed by atoms with E-state index < -0.39 is 0 Å². The Kier molecular flexibility index (Phi) is 4.46. The topological polar surface area (TPSA) is 62.4 Å². The van der Waals surface area contributed by atoms with Crippen molar-refractivity contribution in [2.75, 3.05) is 13.6 Å². The van der Waals surface area contributed by atoms with E-state index in [1.54, 1.807) is 19.1 Å². The van der Waals surface area contributed by atoms with Crippen molar-refractivity contribution in [2.24, 2.45) is 5.92 Å². The van der Waals surface area contributed by atoms with Gasteiger partial charge in [0.15, 0.2) is 0 Å². The van der Waals surface area contributed by atoms with E-state index in [0.29, 0.717) is 29.7 Å². The summed E-state index contributed by atoms with van der Waals surface area (Å²) < 4.78 is 18.7. The molecule has 0 bridgehead atoms. The van der Waals surface area contributed by atoms with Crippen LogP contribution in [-0.4, -0.2) is 39.8 Å². The van der Waals surface area contributed by atoms with E-state index in [2.05, 4.69) is 10.1 Å². The lowest BCUT2D eigenvalue weighted by molar-refractivity contribution is 0.0833. The van der Waals surface area contributed by atoms with Crippen LogP contribution in [0.25, 0.3) is 11.4 Å². The van der Waals surface area contributed by atoms with Gasteiger partial charge in [-0.25, -0.2) is 4.39 Å². The summed E-state index contributed by atoms with van der Waals surface area (Å²) in [5, 5.41) is 14.0. The number of aryl methyl sites for hydroxylation is 1. The molecule has 0 radical (unpaired) electrons. The van der Waals surface area contributed by atoms with Crippen molar-refractivity contribution in [3.63, 3.8) is 0 Å². The van der Waals surface area contributed by atoms with Gasteiger partial charge in [0.05, 0.1) is 12.1 Å². The molecule has 3 rings (SSSR count). The standard InChI is InChI=1S/C17H22FN3O2/c1-10-8-13(6-7-14(10)18)16-19-17(23-20-16)11(2)21(3)9-15(22)12-4-5-12/h6-8,11-12,15,22H,4-5,9H2,1-3H3. The third-order valence-electron chi connectivity index (χ3n) is 4.52. The highest BCUT2D eigenvalue weighted by Crippen LogP contribution is 2.33. The van der Waals surface area contributed by atoms with Crippen molar-refractivity contribution in [3.8, 4) is 11.4 Å². The van der Waals surface area contributed by atoms with E-state index in [0.717, 1.165) is 18.4 Å². The lowest BCUT2D eigenvalue weighted by atomic mass is 10.1. The highest BCUT2D eigenvalue weighted by Gasteiger charge is 2.32. The van der Waals surface area contributed by atoms with Crippen molar-refractivity contribution in [1.29, 1.82) is 0 Å². The summed E-state index contributed by atoms with van der Waals surface area (Å²) >= 11 is 0. The van der Waals surface area contributed by atoms with Gasteiger partial charge in [-0.3, -0.25) is 4.90 Å². The predicted molar refractivity (Wildman–Crippen MR) is 84.2 cm³/mol. The van der Waals surface area contributed by atoms with Gasteiger partial charge in [-0.1, -0.05) is 5.16 Å². The first-order valence-electron chi connectivity index (χ1n) is 7.94. The maximum atomic E-state index is 13.4. The Bertz CT molecular complexity index is 684. The zero-order valence-electron chi connectivity index (χ0n) is 13.7. The van der Waals surface area contributed by atoms with Crippen LogP contribution in [0.3, 0.4) is 0 Å². The molecule has 1 heterocycles. The maximum absolute atomic E-state index is 13.4. The number of rotatable bonds is 6. The normalized spacial score (nSPS) is 17.5. The van der Waals surface area contributed by atoms with E-state index >= 15 is 0 Å². The fourth-order valence-electron chi connectivity index (χ4n) is 2.58. The van der Waals surface area contributed by atoms with Crippen LogP contribution in [0.15, 0.2) is 22.7 Å². The molecule has 0 amide bonds. The Balaban J connectivity index is 1.71. The minimum absolute atomic E-state index is 0.0915. The Morgan fingerprint density at radius 2 is 2.17 bits per heavy atom. The molecular formula is C17H22FN3O2. The fraction of sp³-hybridized carbons (Fsp3) is 0.529. The first-order chi connectivity index (χ1) is 11.0. The highest BCUT2D eigenvalue weighted by atomic mass is 19.1. The predicted octanol–water partition coefficient (Wildman–Crippen LogP) is 2.95. The van der Waals surface area contributed by atoms with Crippen molar-refractivity contribution in [1.82, 2.24) is 15.0 Å². The molecular weight excluding hydrogens is 297 g/mol. The van der Waals surface area contributed by atoms with Crippen LogP contribution in [0, 0.1) is 18.7 Å². The molecule has 0 spiro atoms. The maximum Gasteiger partial charge on any atom is 0.244 e. The number of aliphatic hydroxyl groups excluding tert-OH is 1. The van der Waals surface area contributed by atoms with Gasteiger partial charge in [-0.15, -0.1) is 0 Å². The summed E-state index contributed by atoms with van der Waals surface area (Å²) in [5.41, 5.74) is 1.28. The molecule has 1 saturated carbocycles. The second kappa shape index (κ2) is 6.37. The molecule has 23 heavy (non-hydrogen) atoms. The van der Waals surface area contributed by atoms with Crippen LogP contribution < -0.4 is 0 Å². The van der Waals surface area contributed by atoms with E-state index in [9.17, 15) is 9.50 Å². The largest absolute Gasteiger partial charge is 0.392 e. The van der Waals surface area contributed by atoms with Crippen molar-refractivity contribution >= 4 is 0 Å². The smallest absolute Gasteiger partial charge is 0.244 e. The summed E-state index contributed by atoms with van der Waals surface area (Å²) in [7, 11) is 1.93. The first-order valence-corrected chi connectivity index (χ1v) is 7.94. The van der Waals surface area contributed by atoms with Gasteiger partial charge in [0, 0.05) is 12.1 Å². The van der Waals surface area contributed by atoms with Gasteiger partial charge in [0.1, 0.15) is 5.82 Å². The molecule has 6 heteroatoms. The minimum Gasteiger partial charge on any atom is -0.392 e. The summed E-state index contributed by atoms with van der Waals surface area (Å²) in [6.45, 7) is 4.25. The number of nitrogens with zero attached hydrogens (tertiary/aromatic N) is 3. The minimum atomic E-state index is -0.301. The molecule has 1 aliphatic rings. The number of hydrogen-bond donors (Lipinski definition) is 1. The molecule has 1 aromatic carbocycles. The molecule has 2 unspecified atom stereocenters. The quantitative estimate of drug-likeness (QED) is 0.887. The van der Waals surface area contributed by atoms with Crippen LogP contribution in [0.4, 0.5) is 4.39 Å². The third-order valence-corrected chi connectivity index (χ3v) is 4.52. The van der Waals surface area contributed by atoms with Gasteiger partial charge in [0.25, 0.3) is 0 Å². The third kappa shape index (κ3) is 3.59. The van der Waals surface area contributed by atoms with Crippen LogP contribution in [-0.2, 0) is 0 Å². The molecule has 2 atom stereocenters. The fourth-order valence-corrected chi connectivity index (χ4v) is 2.58. The van der Waals surface area contributed by atoms with Gasteiger partial charge in [0.2, 0.25) is 11.7 Å². The summed E-state index contributed by atoms with van der Waals surface area (Å²) in [4.78, 5) is 6.43. The van der Waals surface area contributed by atoms with Crippen LogP contribution in [0.1, 0.15) is 37.3 Å². The molecule has 2 aromatic rings. The monoisotopic (exact) mass is 319 g/mol. The van der Waals surface area contributed by atoms with E-state index in [-0.39, 0.29) is 18.0 Å². The van der Waals surface area contributed by atoms with Gasteiger partial charge >= 0.3 is 0 Å². The average molecular weight is 319 g/mol. The number of likely N-dealkylation sites (N-methyl/N-ethyl adjacent to an activating group) is 1. The molecule has 1 fully saturated rings. The Labute approximate surface area is 135 Å². The van der Waals surface area contributed by atoms with Crippen LogP contribution in [0.5, 0.6) is 0 Å². The van der Waals surface area contributed by atoms with E-state index in [1.165, 1.54) is 6.07 Å². The Morgan fingerprint density at radius 1 is 1.43 bits per heavy atom. The number of benzene rings is 1.